The second-order valence-electron chi connectivity index (χ2n) is 8.01. The number of hydrogen-bond donors (Lipinski definition) is 1. The van der Waals surface area contributed by atoms with Crippen LogP contribution in [0.5, 0.6) is 0 Å². The Morgan fingerprint density at radius 3 is 2.52 bits per heavy atom. The number of urea groups is 1. The highest BCUT2D eigenvalue weighted by Crippen LogP contribution is 2.30. The summed E-state index contributed by atoms with van der Waals surface area (Å²) >= 11 is 0. The Labute approximate surface area is 182 Å². The van der Waals surface area contributed by atoms with Crippen molar-refractivity contribution in [2.24, 2.45) is 0 Å². The molecule has 6 nitrogen and oxygen atoms in total. The molecule has 1 aromatic heterocycles. The molecular weight excluding hydrogens is 390 g/mol. The van der Waals surface area contributed by atoms with E-state index in [4.69, 9.17) is 4.42 Å². The molecule has 1 aliphatic rings. The Kier molecular flexibility index (Phi) is 6.07. The molecule has 0 fully saturated rings. The summed E-state index contributed by atoms with van der Waals surface area (Å²) in [6, 6.07) is 19.5. The van der Waals surface area contributed by atoms with Crippen molar-refractivity contribution in [1.29, 1.82) is 0 Å². The summed E-state index contributed by atoms with van der Waals surface area (Å²) in [6.45, 7) is 1.27. The SMILES string of the molecule is CN(C)C(=O)Nc1ccc(-c2cc3c(o2)CCN(C(=O)CCc2ccccc2)C3)cc1. The van der Waals surface area contributed by atoms with Gasteiger partial charge in [-0.3, -0.25) is 4.79 Å². The molecule has 160 valence electrons. The van der Waals surface area contributed by atoms with Gasteiger partial charge in [-0.2, -0.15) is 0 Å². The van der Waals surface area contributed by atoms with Crippen LogP contribution in [0.2, 0.25) is 0 Å². The number of rotatable bonds is 5. The molecule has 2 heterocycles. The van der Waals surface area contributed by atoms with Crippen molar-refractivity contribution < 1.29 is 14.0 Å². The molecule has 0 bridgehead atoms. The molecule has 4 rings (SSSR count). The Morgan fingerprint density at radius 2 is 1.81 bits per heavy atom. The minimum absolute atomic E-state index is 0.168. The van der Waals surface area contributed by atoms with Gasteiger partial charge in [-0.1, -0.05) is 30.3 Å². The van der Waals surface area contributed by atoms with E-state index in [0.717, 1.165) is 41.2 Å². The van der Waals surface area contributed by atoms with Crippen molar-refractivity contribution in [3.05, 3.63) is 77.6 Å². The van der Waals surface area contributed by atoms with E-state index in [1.54, 1.807) is 14.1 Å². The molecule has 2 aromatic carbocycles. The fourth-order valence-electron chi connectivity index (χ4n) is 3.70. The lowest BCUT2D eigenvalue weighted by Gasteiger charge is -2.26. The Hall–Kier alpha value is -3.54. The minimum atomic E-state index is -0.168. The van der Waals surface area contributed by atoms with Crippen LogP contribution in [-0.4, -0.2) is 42.4 Å². The second kappa shape index (κ2) is 9.08. The quantitative estimate of drug-likeness (QED) is 0.662. The van der Waals surface area contributed by atoms with E-state index in [0.29, 0.717) is 19.5 Å². The largest absolute Gasteiger partial charge is 0.461 e. The van der Waals surface area contributed by atoms with Gasteiger partial charge in [0.25, 0.3) is 0 Å². The minimum Gasteiger partial charge on any atom is -0.461 e. The van der Waals surface area contributed by atoms with Crippen LogP contribution in [0.3, 0.4) is 0 Å². The van der Waals surface area contributed by atoms with Gasteiger partial charge in [0.05, 0.1) is 0 Å². The van der Waals surface area contributed by atoms with Gasteiger partial charge in [0.1, 0.15) is 11.5 Å². The number of aryl methyl sites for hydroxylation is 1. The highest BCUT2D eigenvalue weighted by Gasteiger charge is 2.24. The topological polar surface area (TPSA) is 65.8 Å². The zero-order valence-electron chi connectivity index (χ0n) is 17.9. The summed E-state index contributed by atoms with van der Waals surface area (Å²) in [7, 11) is 3.40. The number of nitrogens with zero attached hydrogens (tertiary/aromatic N) is 2. The predicted octanol–water partition coefficient (Wildman–Crippen LogP) is 4.56. The van der Waals surface area contributed by atoms with Crippen LogP contribution < -0.4 is 5.32 Å². The first-order valence-corrected chi connectivity index (χ1v) is 10.5. The first-order valence-electron chi connectivity index (χ1n) is 10.5. The Morgan fingerprint density at radius 1 is 1.06 bits per heavy atom. The van der Waals surface area contributed by atoms with Gasteiger partial charge in [0, 0.05) is 56.8 Å². The van der Waals surface area contributed by atoms with Gasteiger partial charge in [-0.05, 0) is 42.3 Å². The molecule has 3 aromatic rings. The van der Waals surface area contributed by atoms with Crippen LogP contribution in [0.1, 0.15) is 23.3 Å². The van der Waals surface area contributed by atoms with E-state index in [1.165, 1.54) is 10.5 Å². The lowest BCUT2D eigenvalue weighted by atomic mass is 10.1. The number of furan rings is 1. The maximum absolute atomic E-state index is 12.7. The molecule has 0 saturated carbocycles. The monoisotopic (exact) mass is 417 g/mol. The van der Waals surface area contributed by atoms with E-state index < -0.39 is 0 Å². The number of anilines is 1. The first kappa shape index (κ1) is 20.7. The molecule has 6 heteroatoms. The first-order chi connectivity index (χ1) is 15.0. The van der Waals surface area contributed by atoms with E-state index in [-0.39, 0.29) is 11.9 Å². The standard InChI is InChI=1S/C25H27N3O3/c1-27(2)25(30)26-21-11-9-19(10-12-21)23-16-20-17-28(15-14-22(20)31-23)24(29)13-8-18-6-4-3-5-7-18/h3-7,9-12,16H,8,13-15,17H2,1-2H3,(H,26,30). The van der Waals surface area contributed by atoms with E-state index in [9.17, 15) is 9.59 Å². The molecule has 1 N–H and O–H groups in total. The zero-order valence-corrected chi connectivity index (χ0v) is 17.9. The van der Waals surface area contributed by atoms with Gasteiger partial charge in [0.15, 0.2) is 0 Å². The number of nitrogens with one attached hydrogen (secondary N) is 1. The smallest absolute Gasteiger partial charge is 0.321 e. The van der Waals surface area contributed by atoms with Gasteiger partial charge >= 0.3 is 6.03 Å². The number of amides is 3. The molecule has 1 aliphatic heterocycles. The average Bonchev–Trinajstić information content (AvgIpc) is 3.22. The van der Waals surface area contributed by atoms with Crippen molar-refractivity contribution in [2.45, 2.75) is 25.8 Å². The molecule has 0 saturated heterocycles. The molecule has 0 radical (unpaired) electrons. The number of fused-ring (bicyclic) bond motifs is 1. The third-order valence-corrected chi connectivity index (χ3v) is 5.52. The fourth-order valence-corrected chi connectivity index (χ4v) is 3.70. The molecule has 0 spiro atoms. The van der Waals surface area contributed by atoms with Gasteiger partial charge in [-0.25, -0.2) is 4.79 Å². The Balaban J connectivity index is 1.39. The van der Waals surface area contributed by atoms with Crippen LogP contribution in [0.25, 0.3) is 11.3 Å². The second-order valence-corrected chi connectivity index (χ2v) is 8.01. The fraction of sp³-hybridized carbons (Fsp3) is 0.280. The molecule has 3 amide bonds. The summed E-state index contributed by atoms with van der Waals surface area (Å²) in [6.07, 6.45) is 2.00. The predicted molar refractivity (Wildman–Crippen MR) is 121 cm³/mol. The van der Waals surface area contributed by atoms with Crippen LogP contribution in [0.4, 0.5) is 10.5 Å². The van der Waals surface area contributed by atoms with Crippen molar-refractivity contribution in [3.8, 4) is 11.3 Å². The number of benzene rings is 2. The van der Waals surface area contributed by atoms with Crippen molar-refractivity contribution in [2.75, 3.05) is 26.0 Å². The molecule has 0 aliphatic carbocycles. The van der Waals surface area contributed by atoms with Gasteiger partial charge in [-0.15, -0.1) is 0 Å². The van der Waals surface area contributed by atoms with E-state index in [1.807, 2.05) is 53.4 Å². The van der Waals surface area contributed by atoms with Crippen molar-refractivity contribution in [1.82, 2.24) is 9.80 Å². The average molecular weight is 418 g/mol. The van der Waals surface area contributed by atoms with Crippen molar-refractivity contribution in [3.63, 3.8) is 0 Å². The lowest BCUT2D eigenvalue weighted by molar-refractivity contribution is -0.132. The van der Waals surface area contributed by atoms with Crippen LogP contribution in [-0.2, 0) is 24.2 Å². The number of carbonyl (C=O) groups excluding carboxylic acids is 2. The van der Waals surface area contributed by atoms with Crippen LogP contribution in [0, 0.1) is 0 Å². The molecule has 0 unspecified atom stereocenters. The molecular formula is C25H27N3O3. The lowest BCUT2D eigenvalue weighted by Crippen LogP contribution is -2.35. The highest BCUT2D eigenvalue weighted by atomic mass is 16.3. The van der Waals surface area contributed by atoms with E-state index >= 15 is 0 Å². The summed E-state index contributed by atoms with van der Waals surface area (Å²) in [5, 5.41) is 2.82. The van der Waals surface area contributed by atoms with Crippen LogP contribution >= 0.6 is 0 Å². The zero-order chi connectivity index (χ0) is 21.8. The normalized spacial score (nSPS) is 12.9. The van der Waals surface area contributed by atoms with Crippen molar-refractivity contribution >= 4 is 17.6 Å². The molecule has 0 atom stereocenters. The van der Waals surface area contributed by atoms with Crippen LogP contribution in [0.15, 0.2) is 65.1 Å². The summed E-state index contributed by atoms with van der Waals surface area (Å²) in [4.78, 5) is 27.9. The summed E-state index contributed by atoms with van der Waals surface area (Å²) in [5.41, 5.74) is 3.93. The highest BCUT2D eigenvalue weighted by molar-refractivity contribution is 5.89. The van der Waals surface area contributed by atoms with Gasteiger partial charge < -0.3 is 19.5 Å². The van der Waals surface area contributed by atoms with Gasteiger partial charge in [0.2, 0.25) is 5.91 Å². The number of carbonyl (C=O) groups is 2. The van der Waals surface area contributed by atoms with E-state index in [2.05, 4.69) is 17.4 Å². The molecule has 31 heavy (non-hydrogen) atoms. The maximum atomic E-state index is 12.7. The number of hydrogen-bond acceptors (Lipinski definition) is 3. The maximum Gasteiger partial charge on any atom is 0.321 e. The summed E-state index contributed by atoms with van der Waals surface area (Å²) < 4.78 is 6.08. The third-order valence-electron chi connectivity index (χ3n) is 5.52. The Bertz CT molecular complexity index is 1060. The third kappa shape index (κ3) is 4.97. The summed E-state index contributed by atoms with van der Waals surface area (Å²) in [5.74, 6) is 1.92.